The lowest BCUT2D eigenvalue weighted by atomic mass is 9.93. The summed E-state index contributed by atoms with van der Waals surface area (Å²) in [6, 6.07) is 30.1. The van der Waals surface area contributed by atoms with Gasteiger partial charge in [0.05, 0.1) is 41.1 Å². The third kappa shape index (κ3) is 6.70. The minimum Gasteiger partial charge on any atom is -0.497 e. The number of esters is 2. The average molecular weight is 663 g/mol. The smallest absolute Gasteiger partial charge is 0.343 e. The predicted octanol–water partition coefficient (Wildman–Crippen LogP) is 5.89. The molecule has 6 rings (SSSR count). The highest BCUT2D eigenvalue weighted by Gasteiger charge is 2.35. The lowest BCUT2D eigenvalue weighted by molar-refractivity contribution is -0.138. The Kier molecular flexibility index (Phi) is 9.51. The molecule has 0 saturated carbocycles. The summed E-state index contributed by atoms with van der Waals surface area (Å²) >= 11 is 2.85. The van der Waals surface area contributed by atoms with Crippen LogP contribution in [0.4, 0.5) is 0 Å². The molecule has 0 fully saturated rings. The number of hydrogen-bond donors (Lipinski definition) is 0. The lowest BCUT2D eigenvalue weighted by Crippen LogP contribution is -2.40. The molecule has 10 heteroatoms. The van der Waals surface area contributed by atoms with Crippen LogP contribution in [0.5, 0.6) is 11.5 Å². The van der Waals surface area contributed by atoms with Crippen LogP contribution in [-0.2, 0) is 9.53 Å². The number of benzene rings is 4. The van der Waals surface area contributed by atoms with Crippen LogP contribution < -0.4 is 24.4 Å². The predicted molar refractivity (Wildman–Crippen MR) is 184 cm³/mol. The summed E-state index contributed by atoms with van der Waals surface area (Å²) in [7, 11) is 1.56. The number of thioether (sulfide) groups is 1. The zero-order chi connectivity index (χ0) is 32.9. The Morgan fingerprint density at radius 3 is 2.21 bits per heavy atom. The van der Waals surface area contributed by atoms with Crippen LogP contribution in [0.25, 0.3) is 11.8 Å². The minimum atomic E-state index is -0.752. The van der Waals surface area contributed by atoms with Crippen molar-refractivity contribution in [3.63, 3.8) is 0 Å². The van der Waals surface area contributed by atoms with Gasteiger partial charge in [0.2, 0.25) is 0 Å². The van der Waals surface area contributed by atoms with Gasteiger partial charge in [0.25, 0.3) is 5.56 Å². The van der Waals surface area contributed by atoms with Gasteiger partial charge in [-0.2, -0.15) is 0 Å². The molecule has 1 atom stereocenters. The van der Waals surface area contributed by atoms with Crippen LogP contribution in [0.1, 0.15) is 40.0 Å². The Hall–Kier alpha value is -5.19. The summed E-state index contributed by atoms with van der Waals surface area (Å²) in [5.41, 5.74) is 3.13. The van der Waals surface area contributed by atoms with Gasteiger partial charge in [0, 0.05) is 10.5 Å². The number of hydrogen-bond acceptors (Lipinski definition) is 9. The number of carbonyl (C=O) groups excluding carboxylic acids is 2. The van der Waals surface area contributed by atoms with Crippen molar-refractivity contribution < 1.29 is 23.8 Å². The molecule has 0 unspecified atom stereocenters. The molecule has 47 heavy (non-hydrogen) atoms. The molecule has 0 amide bonds. The van der Waals surface area contributed by atoms with E-state index < -0.39 is 18.0 Å². The molecule has 5 aromatic rings. The molecule has 0 spiro atoms. The van der Waals surface area contributed by atoms with Crippen molar-refractivity contribution in [3.8, 4) is 11.5 Å². The number of nitrogens with zero attached hydrogens (tertiary/aromatic N) is 2. The summed E-state index contributed by atoms with van der Waals surface area (Å²) in [5, 5.41) is 0. The zero-order valence-corrected chi connectivity index (χ0v) is 27.5. The first kappa shape index (κ1) is 31.8. The Morgan fingerprint density at radius 1 is 0.894 bits per heavy atom. The van der Waals surface area contributed by atoms with Crippen LogP contribution in [-0.4, -0.2) is 36.5 Å². The Balaban J connectivity index is 1.41. The fourth-order valence-electron chi connectivity index (χ4n) is 5.22. The highest BCUT2D eigenvalue weighted by molar-refractivity contribution is 7.98. The SMILES string of the molecule is CCOC(=O)C1=C(c2ccccc2)N=c2s/c(=C\c3ccc(OC(=O)c4ccc(OC)cc4)cc3)c(=O)n2[C@@H]1c1ccc(SC)cc1. The molecule has 1 aromatic heterocycles. The maximum absolute atomic E-state index is 14.1. The maximum atomic E-state index is 14.1. The van der Waals surface area contributed by atoms with Gasteiger partial charge < -0.3 is 14.2 Å². The molecule has 0 saturated heterocycles. The van der Waals surface area contributed by atoms with E-state index in [1.165, 1.54) is 11.3 Å². The maximum Gasteiger partial charge on any atom is 0.343 e. The number of fused-ring (bicyclic) bond motifs is 1. The van der Waals surface area contributed by atoms with Crippen molar-refractivity contribution in [1.29, 1.82) is 0 Å². The highest BCUT2D eigenvalue weighted by Crippen LogP contribution is 2.35. The van der Waals surface area contributed by atoms with Crippen molar-refractivity contribution in [3.05, 3.63) is 151 Å². The van der Waals surface area contributed by atoms with Crippen LogP contribution in [0.3, 0.4) is 0 Å². The van der Waals surface area contributed by atoms with E-state index in [0.29, 0.717) is 37.7 Å². The largest absolute Gasteiger partial charge is 0.497 e. The first-order valence-corrected chi connectivity index (χ1v) is 16.8. The van der Waals surface area contributed by atoms with Crippen molar-refractivity contribution in [2.75, 3.05) is 20.0 Å². The van der Waals surface area contributed by atoms with Crippen molar-refractivity contribution >= 4 is 46.8 Å². The van der Waals surface area contributed by atoms with Gasteiger partial charge in [0.1, 0.15) is 11.5 Å². The summed E-state index contributed by atoms with van der Waals surface area (Å²) in [6.07, 6.45) is 3.76. The Morgan fingerprint density at radius 2 is 1.57 bits per heavy atom. The van der Waals surface area contributed by atoms with Gasteiger partial charge in [-0.05, 0) is 78.9 Å². The molecule has 2 heterocycles. The Labute approximate surface area is 279 Å². The molecular weight excluding hydrogens is 633 g/mol. The standard InChI is InChI=1S/C37H30N2O6S2/c1-4-44-36(42)31-32(24-8-6-5-7-9-24)38-37-39(33(31)25-14-20-29(46-3)21-15-25)34(40)30(47-37)22-23-10-16-28(17-11-23)45-35(41)26-12-18-27(43-2)19-13-26/h5-22,33H,4H2,1-3H3/b30-22-/t33-/m1/s1. The van der Waals surface area contributed by atoms with E-state index >= 15 is 0 Å². The molecule has 0 radical (unpaired) electrons. The Bertz CT molecular complexity index is 2130. The van der Waals surface area contributed by atoms with E-state index in [4.69, 9.17) is 19.2 Å². The third-order valence-corrected chi connectivity index (χ3v) is 9.25. The van der Waals surface area contributed by atoms with Gasteiger partial charge in [-0.15, -0.1) is 11.8 Å². The summed E-state index contributed by atoms with van der Waals surface area (Å²) in [6.45, 7) is 1.93. The third-order valence-electron chi connectivity index (χ3n) is 7.52. The number of ether oxygens (including phenoxy) is 3. The normalized spacial score (nSPS) is 14.3. The molecule has 8 nitrogen and oxygen atoms in total. The molecular formula is C37H30N2O6S2. The monoisotopic (exact) mass is 662 g/mol. The number of rotatable bonds is 9. The molecule has 0 N–H and O–H groups in total. The second-order valence-electron chi connectivity index (χ2n) is 10.4. The number of carbonyl (C=O) groups is 2. The molecule has 4 aromatic carbocycles. The van der Waals surface area contributed by atoms with Gasteiger partial charge in [-0.1, -0.05) is 65.9 Å². The lowest BCUT2D eigenvalue weighted by Gasteiger charge is -2.26. The number of methoxy groups -OCH3 is 1. The molecule has 1 aliphatic rings. The van der Waals surface area contributed by atoms with Gasteiger partial charge in [-0.3, -0.25) is 9.36 Å². The first-order chi connectivity index (χ1) is 22.9. The minimum absolute atomic E-state index is 0.179. The first-order valence-electron chi connectivity index (χ1n) is 14.8. The number of thiazole rings is 1. The number of aromatic nitrogens is 1. The second kappa shape index (κ2) is 14.1. The van der Waals surface area contributed by atoms with E-state index in [1.807, 2.05) is 60.9 Å². The van der Waals surface area contributed by atoms with E-state index in [-0.39, 0.29) is 12.2 Å². The highest BCUT2D eigenvalue weighted by atomic mass is 32.2. The fourth-order valence-corrected chi connectivity index (χ4v) is 6.63. The molecule has 0 aliphatic carbocycles. The van der Waals surface area contributed by atoms with E-state index in [2.05, 4.69) is 0 Å². The van der Waals surface area contributed by atoms with Gasteiger partial charge in [0.15, 0.2) is 4.80 Å². The van der Waals surface area contributed by atoms with Gasteiger partial charge in [-0.25, -0.2) is 14.6 Å². The molecule has 1 aliphatic heterocycles. The molecule has 0 bridgehead atoms. The second-order valence-corrected chi connectivity index (χ2v) is 12.3. The van der Waals surface area contributed by atoms with Crippen molar-refractivity contribution in [1.82, 2.24) is 4.57 Å². The van der Waals surface area contributed by atoms with Crippen LogP contribution in [0.15, 0.2) is 123 Å². The summed E-state index contributed by atoms with van der Waals surface area (Å²) in [4.78, 5) is 46.8. The van der Waals surface area contributed by atoms with Crippen molar-refractivity contribution in [2.45, 2.75) is 17.9 Å². The van der Waals surface area contributed by atoms with E-state index in [9.17, 15) is 14.4 Å². The quantitative estimate of drug-likeness (QED) is 0.110. The van der Waals surface area contributed by atoms with Crippen LogP contribution >= 0.6 is 23.1 Å². The van der Waals surface area contributed by atoms with E-state index in [1.54, 1.807) is 85.0 Å². The summed E-state index contributed by atoms with van der Waals surface area (Å²) < 4.78 is 18.2. The summed E-state index contributed by atoms with van der Waals surface area (Å²) in [5.74, 6) is -0.0110. The van der Waals surface area contributed by atoms with Crippen LogP contribution in [0, 0.1) is 0 Å². The van der Waals surface area contributed by atoms with Crippen molar-refractivity contribution in [2.24, 2.45) is 4.99 Å². The van der Waals surface area contributed by atoms with E-state index in [0.717, 1.165) is 21.6 Å². The van der Waals surface area contributed by atoms with Gasteiger partial charge >= 0.3 is 11.9 Å². The zero-order valence-electron chi connectivity index (χ0n) is 25.8. The topological polar surface area (TPSA) is 96.2 Å². The average Bonchev–Trinajstić information content (AvgIpc) is 3.42. The molecule has 236 valence electrons. The van der Waals surface area contributed by atoms with Crippen LogP contribution in [0.2, 0.25) is 0 Å². The fraction of sp³-hybridized carbons (Fsp3) is 0.135.